The van der Waals surface area contributed by atoms with E-state index in [1.807, 2.05) is 24.3 Å². The Morgan fingerprint density at radius 1 is 0.962 bits per heavy atom. The maximum absolute atomic E-state index is 12.3. The van der Waals surface area contributed by atoms with E-state index in [1.165, 1.54) is 5.56 Å². The molecule has 0 aliphatic heterocycles. The smallest absolute Gasteiger partial charge is 0.338 e. The van der Waals surface area contributed by atoms with Gasteiger partial charge < -0.3 is 14.8 Å². The number of rotatable bonds is 7. The largest absolute Gasteiger partial charge is 0.481 e. The Morgan fingerprint density at radius 2 is 1.58 bits per heavy atom. The SMILES string of the molecule is CCOC(=O)c1ccc(NC(=O)[C@H](C)Oc2ccc(C(C)C)cc2)cc1. The van der Waals surface area contributed by atoms with Gasteiger partial charge in [0.1, 0.15) is 5.75 Å². The van der Waals surface area contributed by atoms with E-state index in [1.54, 1.807) is 38.1 Å². The Hall–Kier alpha value is -2.82. The summed E-state index contributed by atoms with van der Waals surface area (Å²) in [5.41, 5.74) is 2.25. The third-order valence-electron chi connectivity index (χ3n) is 3.89. The van der Waals surface area contributed by atoms with Crippen molar-refractivity contribution in [1.29, 1.82) is 0 Å². The summed E-state index contributed by atoms with van der Waals surface area (Å²) in [6.45, 7) is 8.02. The molecule has 0 aliphatic rings. The molecule has 2 aromatic carbocycles. The second kappa shape index (κ2) is 9.04. The van der Waals surface area contributed by atoms with Gasteiger partial charge in [-0.15, -0.1) is 0 Å². The third-order valence-corrected chi connectivity index (χ3v) is 3.89. The molecular weight excluding hydrogens is 330 g/mol. The van der Waals surface area contributed by atoms with Gasteiger partial charge in [-0.1, -0.05) is 26.0 Å². The van der Waals surface area contributed by atoms with E-state index in [4.69, 9.17) is 9.47 Å². The number of benzene rings is 2. The highest BCUT2D eigenvalue weighted by atomic mass is 16.5. The second-order valence-electron chi connectivity index (χ2n) is 6.27. The minimum Gasteiger partial charge on any atom is -0.481 e. The fraction of sp³-hybridized carbons (Fsp3) is 0.333. The van der Waals surface area contributed by atoms with Crippen molar-refractivity contribution in [3.05, 3.63) is 59.7 Å². The first-order valence-corrected chi connectivity index (χ1v) is 8.75. The standard InChI is InChI=1S/C21H25NO4/c1-5-25-21(24)17-6-10-18(11-7-17)22-20(23)15(4)26-19-12-8-16(9-13-19)14(2)3/h6-15H,5H2,1-4H3,(H,22,23)/t15-/m0/s1. The summed E-state index contributed by atoms with van der Waals surface area (Å²) in [5.74, 6) is 0.450. The third kappa shape index (κ3) is 5.34. The van der Waals surface area contributed by atoms with Crippen molar-refractivity contribution in [1.82, 2.24) is 0 Å². The number of esters is 1. The van der Waals surface area contributed by atoms with Crippen molar-refractivity contribution in [2.24, 2.45) is 0 Å². The van der Waals surface area contributed by atoms with Crippen LogP contribution in [0.4, 0.5) is 5.69 Å². The van der Waals surface area contributed by atoms with Crippen LogP contribution in [0.3, 0.4) is 0 Å². The maximum Gasteiger partial charge on any atom is 0.338 e. The molecule has 1 N–H and O–H groups in total. The Balaban J connectivity index is 1.93. The summed E-state index contributed by atoms with van der Waals surface area (Å²) in [6, 6.07) is 14.3. The summed E-state index contributed by atoms with van der Waals surface area (Å²) < 4.78 is 10.6. The lowest BCUT2D eigenvalue weighted by Crippen LogP contribution is -2.30. The fourth-order valence-corrected chi connectivity index (χ4v) is 2.34. The lowest BCUT2D eigenvalue weighted by Gasteiger charge is -2.15. The van der Waals surface area contributed by atoms with E-state index in [9.17, 15) is 9.59 Å². The van der Waals surface area contributed by atoms with Gasteiger partial charge in [-0.2, -0.15) is 0 Å². The predicted molar refractivity (Wildman–Crippen MR) is 102 cm³/mol. The van der Waals surface area contributed by atoms with Crippen LogP contribution in [0.15, 0.2) is 48.5 Å². The minimum absolute atomic E-state index is 0.262. The van der Waals surface area contributed by atoms with Crippen LogP contribution in [-0.4, -0.2) is 24.6 Å². The van der Waals surface area contributed by atoms with Gasteiger partial charge in [0, 0.05) is 5.69 Å². The van der Waals surface area contributed by atoms with Gasteiger partial charge in [-0.3, -0.25) is 4.79 Å². The van der Waals surface area contributed by atoms with E-state index in [0.717, 1.165) is 0 Å². The molecule has 26 heavy (non-hydrogen) atoms. The normalized spacial score (nSPS) is 11.7. The van der Waals surface area contributed by atoms with E-state index in [-0.39, 0.29) is 11.9 Å². The molecule has 1 amide bonds. The van der Waals surface area contributed by atoms with Crippen LogP contribution >= 0.6 is 0 Å². The Labute approximate surface area is 154 Å². The first-order chi connectivity index (χ1) is 12.4. The summed E-state index contributed by atoms with van der Waals surface area (Å²) >= 11 is 0. The number of ether oxygens (including phenoxy) is 2. The monoisotopic (exact) mass is 355 g/mol. The maximum atomic E-state index is 12.3. The van der Waals surface area contributed by atoms with Crippen LogP contribution in [0, 0.1) is 0 Å². The highest BCUT2D eigenvalue weighted by molar-refractivity contribution is 5.95. The molecule has 0 bridgehead atoms. The van der Waals surface area contributed by atoms with E-state index >= 15 is 0 Å². The molecule has 0 saturated heterocycles. The van der Waals surface area contributed by atoms with Gasteiger partial charge in [-0.05, 0) is 61.7 Å². The zero-order valence-corrected chi connectivity index (χ0v) is 15.6. The molecule has 1 atom stereocenters. The topological polar surface area (TPSA) is 64.6 Å². The van der Waals surface area contributed by atoms with Gasteiger partial charge in [-0.25, -0.2) is 4.79 Å². The molecule has 2 rings (SSSR count). The van der Waals surface area contributed by atoms with Crippen molar-refractivity contribution in [3.8, 4) is 5.75 Å². The molecule has 0 aromatic heterocycles. The number of carbonyl (C=O) groups is 2. The highest BCUT2D eigenvalue weighted by Gasteiger charge is 2.15. The van der Waals surface area contributed by atoms with Gasteiger partial charge >= 0.3 is 5.97 Å². The molecule has 2 aromatic rings. The zero-order chi connectivity index (χ0) is 19.1. The van der Waals surface area contributed by atoms with Crippen molar-refractivity contribution in [3.63, 3.8) is 0 Å². The average Bonchev–Trinajstić information content (AvgIpc) is 2.63. The van der Waals surface area contributed by atoms with E-state index < -0.39 is 6.10 Å². The minimum atomic E-state index is -0.648. The van der Waals surface area contributed by atoms with Crippen molar-refractivity contribution in [2.75, 3.05) is 11.9 Å². The van der Waals surface area contributed by atoms with Crippen LogP contribution in [0.5, 0.6) is 5.75 Å². The predicted octanol–water partition coefficient (Wildman–Crippen LogP) is 4.39. The average molecular weight is 355 g/mol. The van der Waals surface area contributed by atoms with Crippen LogP contribution in [0.25, 0.3) is 0 Å². The molecule has 5 heteroatoms. The zero-order valence-electron chi connectivity index (χ0n) is 15.6. The molecule has 0 saturated carbocycles. The van der Waals surface area contributed by atoms with Crippen molar-refractivity contribution in [2.45, 2.75) is 39.7 Å². The van der Waals surface area contributed by atoms with Gasteiger partial charge in [0.15, 0.2) is 6.10 Å². The molecule has 138 valence electrons. The Kier molecular flexibility index (Phi) is 6.78. The summed E-state index contributed by atoms with van der Waals surface area (Å²) in [7, 11) is 0. The van der Waals surface area contributed by atoms with Crippen LogP contribution < -0.4 is 10.1 Å². The van der Waals surface area contributed by atoms with Gasteiger partial charge in [0.05, 0.1) is 12.2 Å². The first kappa shape index (κ1) is 19.5. The van der Waals surface area contributed by atoms with E-state index in [0.29, 0.717) is 29.5 Å². The Morgan fingerprint density at radius 3 is 2.12 bits per heavy atom. The molecular formula is C21H25NO4. The number of hydrogen-bond donors (Lipinski definition) is 1. The summed E-state index contributed by atoms with van der Waals surface area (Å²) in [6.07, 6.45) is -0.648. The molecule has 0 aliphatic carbocycles. The van der Waals surface area contributed by atoms with Crippen LogP contribution in [0.1, 0.15) is 49.5 Å². The number of hydrogen-bond acceptors (Lipinski definition) is 4. The Bertz CT molecular complexity index is 736. The van der Waals surface area contributed by atoms with Gasteiger partial charge in [0.25, 0.3) is 5.91 Å². The van der Waals surface area contributed by atoms with Crippen LogP contribution in [0.2, 0.25) is 0 Å². The first-order valence-electron chi connectivity index (χ1n) is 8.75. The lowest BCUT2D eigenvalue weighted by atomic mass is 10.0. The van der Waals surface area contributed by atoms with Gasteiger partial charge in [0.2, 0.25) is 0 Å². The molecule has 0 heterocycles. The summed E-state index contributed by atoms with van der Waals surface area (Å²) in [4.78, 5) is 23.9. The quantitative estimate of drug-likeness (QED) is 0.748. The molecule has 0 unspecified atom stereocenters. The number of amides is 1. The fourth-order valence-electron chi connectivity index (χ4n) is 2.34. The lowest BCUT2D eigenvalue weighted by molar-refractivity contribution is -0.122. The molecule has 5 nitrogen and oxygen atoms in total. The highest BCUT2D eigenvalue weighted by Crippen LogP contribution is 2.20. The van der Waals surface area contributed by atoms with E-state index in [2.05, 4.69) is 19.2 Å². The van der Waals surface area contributed by atoms with Crippen LogP contribution in [-0.2, 0) is 9.53 Å². The second-order valence-corrected chi connectivity index (χ2v) is 6.27. The molecule has 0 radical (unpaired) electrons. The van der Waals surface area contributed by atoms with Crippen molar-refractivity contribution < 1.29 is 19.1 Å². The molecule has 0 fully saturated rings. The number of nitrogens with one attached hydrogen (secondary N) is 1. The molecule has 0 spiro atoms. The van der Waals surface area contributed by atoms with Crippen molar-refractivity contribution >= 4 is 17.6 Å². The number of carbonyl (C=O) groups excluding carboxylic acids is 2. The number of anilines is 1. The summed E-state index contributed by atoms with van der Waals surface area (Å²) in [5, 5.41) is 2.77.